The fraction of sp³-hybridized carbons (Fsp3) is 0.533. The standard InChI is InChI=1S/C15H22N2O.ClH/c1-11-6-7-13-5-4-8-17(14(13)9-11)15(18)12(2)10-16-3;/h6-7,9,12,16H,4-5,8,10H2,1-3H3;1H. The van der Waals surface area contributed by atoms with Crippen molar-refractivity contribution in [2.75, 3.05) is 25.0 Å². The molecule has 1 aliphatic rings. The molecule has 1 amide bonds. The molecule has 0 fully saturated rings. The lowest BCUT2D eigenvalue weighted by molar-refractivity contribution is -0.121. The number of nitrogens with one attached hydrogen (secondary N) is 1. The molecule has 1 aromatic carbocycles. The van der Waals surface area contributed by atoms with Gasteiger partial charge >= 0.3 is 0 Å². The highest BCUT2D eigenvalue weighted by Crippen LogP contribution is 2.29. The van der Waals surface area contributed by atoms with Gasteiger partial charge in [0, 0.05) is 24.7 Å². The maximum atomic E-state index is 12.4. The number of halogens is 1. The molecule has 1 heterocycles. The Labute approximate surface area is 121 Å². The van der Waals surface area contributed by atoms with Gasteiger partial charge in [0.25, 0.3) is 0 Å². The molecule has 19 heavy (non-hydrogen) atoms. The first-order valence-electron chi connectivity index (χ1n) is 6.69. The molecule has 0 saturated heterocycles. The maximum absolute atomic E-state index is 12.4. The zero-order valence-electron chi connectivity index (χ0n) is 11.9. The summed E-state index contributed by atoms with van der Waals surface area (Å²) in [5.41, 5.74) is 3.64. The van der Waals surface area contributed by atoms with Crippen molar-refractivity contribution in [1.82, 2.24) is 5.32 Å². The smallest absolute Gasteiger partial charge is 0.231 e. The molecule has 1 unspecified atom stereocenters. The number of carbonyl (C=O) groups is 1. The van der Waals surface area contributed by atoms with Crippen LogP contribution >= 0.6 is 12.4 Å². The number of aryl methyl sites for hydroxylation is 2. The average Bonchev–Trinajstić information content (AvgIpc) is 2.37. The Balaban J connectivity index is 0.00000180. The van der Waals surface area contributed by atoms with Crippen LogP contribution in [-0.2, 0) is 11.2 Å². The number of hydrogen-bond acceptors (Lipinski definition) is 2. The molecular formula is C15H23ClN2O. The first kappa shape index (κ1) is 16.0. The molecule has 1 aliphatic heterocycles. The van der Waals surface area contributed by atoms with Crippen molar-refractivity contribution < 1.29 is 4.79 Å². The summed E-state index contributed by atoms with van der Waals surface area (Å²) in [7, 11) is 1.89. The highest BCUT2D eigenvalue weighted by Gasteiger charge is 2.25. The Morgan fingerprint density at radius 1 is 1.47 bits per heavy atom. The third-order valence-electron chi connectivity index (χ3n) is 3.56. The minimum atomic E-state index is 0. The third-order valence-corrected chi connectivity index (χ3v) is 3.56. The van der Waals surface area contributed by atoms with Gasteiger partial charge in [-0.3, -0.25) is 4.79 Å². The van der Waals surface area contributed by atoms with E-state index in [1.54, 1.807) is 0 Å². The van der Waals surface area contributed by atoms with Crippen LogP contribution in [0.25, 0.3) is 0 Å². The number of nitrogens with zero attached hydrogens (tertiary/aromatic N) is 1. The predicted molar refractivity (Wildman–Crippen MR) is 82.2 cm³/mol. The van der Waals surface area contributed by atoms with Crippen molar-refractivity contribution in [3.63, 3.8) is 0 Å². The van der Waals surface area contributed by atoms with Crippen LogP contribution in [0.15, 0.2) is 18.2 Å². The molecule has 106 valence electrons. The van der Waals surface area contributed by atoms with Gasteiger partial charge in [-0.15, -0.1) is 12.4 Å². The molecule has 3 nitrogen and oxygen atoms in total. The van der Waals surface area contributed by atoms with E-state index in [1.807, 2.05) is 18.9 Å². The van der Waals surface area contributed by atoms with Crippen molar-refractivity contribution in [2.24, 2.45) is 5.92 Å². The molecule has 1 aromatic rings. The highest BCUT2D eigenvalue weighted by molar-refractivity contribution is 5.96. The lowest BCUT2D eigenvalue weighted by Gasteiger charge is -2.31. The van der Waals surface area contributed by atoms with E-state index >= 15 is 0 Å². The van der Waals surface area contributed by atoms with Crippen LogP contribution in [0.4, 0.5) is 5.69 Å². The molecular weight excluding hydrogens is 260 g/mol. The van der Waals surface area contributed by atoms with Crippen LogP contribution in [0.2, 0.25) is 0 Å². The average molecular weight is 283 g/mol. The molecule has 1 atom stereocenters. The number of anilines is 1. The zero-order chi connectivity index (χ0) is 13.1. The summed E-state index contributed by atoms with van der Waals surface area (Å²) in [6.07, 6.45) is 2.15. The van der Waals surface area contributed by atoms with Crippen LogP contribution < -0.4 is 10.2 Å². The van der Waals surface area contributed by atoms with Gasteiger partial charge in [-0.05, 0) is 44.0 Å². The van der Waals surface area contributed by atoms with Crippen LogP contribution in [0, 0.1) is 12.8 Å². The van der Waals surface area contributed by atoms with E-state index in [0.29, 0.717) is 0 Å². The Kier molecular flexibility index (Phi) is 5.83. The van der Waals surface area contributed by atoms with Gasteiger partial charge < -0.3 is 10.2 Å². The lowest BCUT2D eigenvalue weighted by Crippen LogP contribution is -2.41. The summed E-state index contributed by atoms with van der Waals surface area (Å²) in [4.78, 5) is 14.4. The minimum Gasteiger partial charge on any atom is -0.319 e. The van der Waals surface area contributed by atoms with Crippen molar-refractivity contribution in [2.45, 2.75) is 26.7 Å². The van der Waals surface area contributed by atoms with Crippen molar-refractivity contribution in [3.8, 4) is 0 Å². The van der Waals surface area contributed by atoms with Gasteiger partial charge in [0.1, 0.15) is 0 Å². The number of amides is 1. The van der Waals surface area contributed by atoms with Crippen molar-refractivity contribution in [3.05, 3.63) is 29.3 Å². The Hall–Kier alpha value is -1.06. The van der Waals surface area contributed by atoms with Crippen LogP contribution in [0.1, 0.15) is 24.5 Å². The van der Waals surface area contributed by atoms with Gasteiger partial charge in [-0.25, -0.2) is 0 Å². The van der Waals surface area contributed by atoms with Crippen molar-refractivity contribution in [1.29, 1.82) is 0 Å². The topological polar surface area (TPSA) is 32.3 Å². The van der Waals surface area contributed by atoms with Gasteiger partial charge in [0.15, 0.2) is 0 Å². The monoisotopic (exact) mass is 282 g/mol. The molecule has 4 heteroatoms. The molecule has 0 radical (unpaired) electrons. The first-order valence-corrected chi connectivity index (χ1v) is 6.69. The second kappa shape index (κ2) is 6.92. The summed E-state index contributed by atoms with van der Waals surface area (Å²) in [5, 5.41) is 3.08. The molecule has 0 aliphatic carbocycles. The molecule has 0 bridgehead atoms. The zero-order valence-corrected chi connectivity index (χ0v) is 12.7. The minimum absolute atomic E-state index is 0. The summed E-state index contributed by atoms with van der Waals surface area (Å²) < 4.78 is 0. The largest absolute Gasteiger partial charge is 0.319 e. The van der Waals surface area contributed by atoms with Crippen molar-refractivity contribution >= 4 is 24.0 Å². The van der Waals surface area contributed by atoms with E-state index in [4.69, 9.17) is 0 Å². The molecule has 0 saturated carbocycles. The van der Waals surface area contributed by atoms with Gasteiger partial charge in [0.05, 0.1) is 0 Å². The summed E-state index contributed by atoms with van der Waals surface area (Å²) in [6, 6.07) is 6.43. The van der Waals surface area contributed by atoms with Crippen LogP contribution in [0.3, 0.4) is 0 Å². The molecule has 0 aromatic heterocycles. The summed E-state index contributed by atoms with van der Waals surface area (Å²) in [5.74, 6) is 0.261. The van der Waals surface area contributed by atoms with E-state index in [1.165, 1.54) is 11.1 Å². The SMILES string of the molecule is CNCC(C)C(=O)N1CCCc2ccc(C)cc21.Cl. The van der Waals surface area contributed by atoms with Gasteiger partial charge in [-0.2, -0.15) is 0 Å². The number of fused-ring (bicyclic) bond motifs is 1. The summed E-state index contributed by atoms with van der Waals surface area (Å²) >= 11 is 0. The molecule has 2 rings (SSSR count). The number of benzene rings is 1. The highest BCUT2D eigenvalue weighted by atomic mass is 35.5. The normalized spacial score (nSPS) is 15.4. The number of rotatable bonds is 3. The lowest BCUT2D eigenvalue weighted by atomic mass is 9.98. The molecule has 0 spiro atoms. The number of carbonyl (C=O) groups excluding carboxylic acids is 1. The summed E-state index contributed by atoms with van der Waals surface area (Å²) in [6.45, 7) is 5.65. The Morgan fingerprint density at radius 2 is 2.21 bits per heavy atom. The van der Waals surface area contributed by atoms with E-state index in [0.717, 1.165) is 31.6 Å². The van der Waals surface area contributed by atoms with Crippen LogP contribution in [-0.4, -0.2) is 26.0 Å². The Morgan fingerprint density at radius 3 is 2.89 bits per heavy atom. The first-order chi connectivity index (χ1) is 8.63. The van der Waals surface area contributed by atoms with E-state index in [-0.39, 0.29) is 24.2 Å². The van der Waals surface area contributed by atoms with E-state index in [9.17, 15) is 4.79 Å². The third kappa shape index (κ3) is 3.48. The van der Waals surface area contributed by atoms with E-state index < -0.39 is 0 Å². The second-order valence-corrected chi connectivity index (χ2v) is 5.18. The number of hydrogen-bond donors (Lipinski definition) is 1. The Bertz CT molecular complexity index is 448. The fourth-order valence-electron chi connectivity index (χ4n) is 2.57. The van der Waals surface area contributed by atoms with E-state index in [2.05, 4.69) is 30.4 Å². The fourth-order valence-corrected chi connectivity index (χ4v) is 2.57. The predicted octanol–water partition coefficient (Wildman–Crippen LogP) is 2.55. The second-order valence-electron chi connectivity index (χ2n) is 5.18. The van der Waals surface area contributed by atoms with Gasteiger partial charge in [0.2, 0.25) is 5.91 Å². The maximum Gasteiger partial charge on any atom is 0.231 e. The van der Waals surface area contributed by atoms with Gasteiger partial charge in [-0.1, -0.05) is 19.1 Å². The quantitative estimate of drug-likeness (QED) is 0.924. The molecule has 1 N–H and O–H groups in total. The van der Waals surface area contributed by atoms with Crippen LogP contribution in [0.5, 0.6) is 0 Å².